The van der Waals surface area contributed by atoms with Crippen LogP contribution in [0.4, 0.5) is 10.1 Å². The van der Waals surface area contributed by atoms with Crippen molar-refractivity contribution in [1.29, 1.82) is 0 Å². The highest BCUT2D eigenvalue weighted by Gasteiger charge is 2.34. The first-order valence-electron chi connectivity index (χ1n) is 5.85. The van der Waals surface area contributed by atoms with Crippen molar-refractivity contribution in [2.24, 2.45) is 0 Å². The zero-order valence-corrected chi connectivity index (χ0v) is 11.1. The number of rotatable bonds is 7. The SMILES string of the molecule is CCNC(C)(COc1ccc(F)cc1[N+](=O)[O-])C(=O)O. The fourth-order valence-electron chi connectivity index (χ4n) is 1.56. The molecule has 1 aromatic carbocycles. The fraction of sp³-hybridized carbons (Fsp3) is 0.417. The maximum atomic E-state index is 13.0. The molecule has 8 heteroatoms. The molecule has 0 aliphatic heterocycles. The second kappa shape index (κ2) is 6.29. The van der Waals surface area contributed by atoms with E-state index in [9.17, 15) is 19.3 Å². The van der Waals surface area contributed by atoms with Crippen molar-refractivity contribution in [3.63, 3.8) is 0 Å². The Bertz CT molecular complexity index is 523. The Morgan fingerprint density at radius 3 is 2.75 bits per heavy atom. The number of halogens is 1. The van der Waals surface area contributed by atoms with Crippen LogP contribution in [0, 0.1) is 15.9 Å². The van der Waals surface area contributed by atoms with Gasteiger partial charge in [-0.1, -0.05) is 6.92 Å². The Morgan fingerprint density at radius 2 is 2.25 bits per heavy atom. The Balaban J connectivity index is 2.94. The van der Waals surface area contributed by atoms with Gasteiger partial charge < -0.3 is 9.84 Å². The first-order valence-corrected chi connectivity index (χ1v) is 5.85. The number of carboxylic acid groups (broad SMARTS) is 1. The number of carbonyl (C=O) groups is 1. The summed E-state index contributed by atoms with van der Waals surface area (Å²) in [5.74, 6) is -2.09. The van der Waals surface area contributed by atoms with Gasteiger partial charge in [0.05, 0.1) is 11.0 Å². The monoisotopic (exact) mass is 286 g/mol. The average molecular weight is 286 g/mol. The number of carboxylic acids is 1. The lowest BCUT2D eigenvalue weighted by atomic mass is 10.0. The number of nitro groups is 1. The van der Waals surface area contributed by atoms with Crippen molar-refractivity contribution >= 4 is 11.7 Å². The molecule has 1 aromatic rings. The zero-order chi connectivity index (χ0) is 15.3. The molecule has 1 unspecified atom stereocenters. The van der Waals surface area contributed by atoms with Crippen molar-refractivity contribution in [2.75, 3.05) is 13.2 Å². The van der Waals surface area contributed by atoms with Crippen molar-refractivity contribution in [2.45, 2.75) is 19.4 Å². The summed E-state index contributed by atoms with van der Waals surface area (Å²) >= 11 is 0. The molecule has 1 rings (SSSR count). The van der Waals surface area contributed by atoms with E-state index in [0.29, 0.717) is 6.54 Å². The minimum absolute atomic E-state index is 0.179. The lowest BCUT2D eigenvalue weighted by Gasteiger charge is -2.25. The molecule has 1 atom stereocenters. The summed E-state index contributed by atoms with van der Waals surface area (Å²) in [4.78, 5) is 21.2. The number of nitrogens with zero attached hydrogens (tertiary/aromatic N) is 1. The number of hydrogen-bond donors (Lipinski definition) is 2. The first-order chi connectivity index (χ1) is 9.30. The lowest BCUT2D eigenvalue weighted by molar-refractivity contribution is -0.386. The molecule has 0 bridgehead atoms. The maximum absolute atomic E-state index is 13.0. The van der Waals surface area contributed by atoms with Gasteiger partial charge in [0.25, 0.3) is 0 Å². The molecule has 0 radical (unpaired) electrons. The zero-order valence-electron chi connectivity index (χ0n) is 11.1. The van der Waals surface area contributed by atoms with Gasteiger partial charge in [-0.25, -0.2) is 4.39 Å². The van der Waals surface area contributed by atoms with Gasteiger partial charge >= 0.3 is 11.7 Å². The standard InChI is InChI=1S/C12H15FN2O5/c1-3-14-12(2,11(16)17)7-20-10-5-4-8(13)6-9(10)15(18)19/h4-6,14H,3,7H2,1-2H3,(H,16,17). The van der Waals surface area contributed by atoms with Crippen LogP contribution in [0.5, 0.6) is 5.75 Å². The van der Waals surface area contributed by atoms with Crippen LogP contribution in [0.25, 0.3) is 0 Å². The molecule has 0 heterocycles. The van der Waals surface area contributed by atoms with Crippen LogP contribution in [-0.2, 0) is 4.79 Å². The summed E-state index contributed by atoms with van der Waals surface area (Å²) in [7, 11) is 0. The number of nitro benzene ring substituents is 1. The molecule has 0 aliphatic rings. The average Bonchev–Trinajstić information content (AvgIpc) is 2.37. The molecule has 0 saturated heterocycles. The highest BCUT2D eigenvalue weighted by Crippen LogP contribution is 2.28. The van der Waals surface area contributed by atoms with Crippen LogP contribution in [0.15, 0.2) is 18.2 Å². The summed E-state index contributed by atoms with van der Waals surface area (Å²) in [6, 6.07) is 2.83. The molecule has 0 amide bonds. The first kappa shape index (κ1) is 15.8. The quantitative estimate of drug-likeness (QED) is 0.582. The van der Waals surface area contributed by atoms with E-state index in [4.69, 9.17) is 9.84 Å². The third kappa shape index (κ3) is 3.64. The third-order valence-electron chi connectivity index (χ3n) is 2.67. The Kier molecular flexibility index (Phi) is 4.98. The summed E-state index contributed by atoms with van der Waals surface area (Å²) in [5.41, 5.74) is -1.94. The second-order valence-electron chi connectivity index (χ2n) is 4.33. The van der Waals surface area contributed by atoms with E-state index in [0.717, 1.165) is 18.2 Å². The molecule has 20 heavy (non-hydrogen) atoms. The maximum Gasteiger partial charge on any atom is 0.327 e. The normalized spacial score (nSPS) is 13.6. The minimum atomic E-state index is -1.39. The van der Waals surface area contributed by atoms with Crippen LogP contribution in [0.1, 0.15) is 13.8 Å². The lowest BCUT2D eigenvalue weighted by Crippen LogP contribution is -2.53. The molecular formula is C12H15FN2O5. The number of likely N-dealkylation sites (N-methyl/N-ethyl adjacent to an activating group) is 1. The number of ether oxygens (including phenoxy) is 1. The molecule has 2 N–H and O–H groups in total. The van der Waals surface area contributed by atoms with E-state index in [-0.39, 0.29) is 12.4 Å². The van der Waals surface area contributed by atoms with E-state index in [1.807, 2.05) is 0 Å². The summed E-state index contributed by atoms with van der Waals surface area (Å²) in [5, 5.41) is 22.6. The third-order valence-corrected chi connectivity index (χ3v) is 2.67. The predicted molar refractivity (Wildman–Crippen MR) is 68.3 cm³/mol. The molecule has 7 nitrogen and oxygen atoms in total. The smallest absolute Gasteiger partial charge is 0.327 e. The van der Waals surface area contributed by atoms with Crippen molar-refractivity contribution < 1.29 is 24.0 Å². The molecule has 0 aliphatic carbocycles. The van der Waals surface area contributed by atoms with Crippen LogP contribution in [-0.4, -0.2) is 34.7 Å². The molecule has 0 spiro atoms. The van der Waals surface area contributed by atoms with E-state index in [1.54, 1.807) is 6.92 Å². The summed E-state index contributed by atoms with van der Waals surface area (Å²) in [6.45, 7) is 3.18. The van der Waals surface area contributed by atoms with Gasteiger partial charge in [0.2, 0.25) is 0 Å². The largest absolute Gasteiger partial charge is 0.484 e. The predicted octanol–water partition coefficient (Wildman–Crippen LogP) is 1.57. The van der Waals surface area contributed by atoms with Gasteiger partial charge in [-0.05, 0) is 25.6 Å². The van der Waals surface area contributed by atoms with Gasteiger partial charge in [0.1, 0.15) is 18.0 Å². The fourth-order valence-corrected chi connectivity index (χ4v) is 1.56. The van der Waals surface area contributed by atoms with E-state index < -0.39 is 27.9 Å². The number of aliphatic carboxylic acids is 1. The molecular weight excluding hydrogens is 271 g/mol. The van der Waals surface area contributed by atoms with Crippen LogP contribution in [0.3, 0.4) is 0 Å². The highest BCUT2D eigenvalue weighted by atomic mass is 19.1. The topological polar surface area (TPSA) is 102 Å². The van der Waals surface area contributed by atoms with Gasteiger partial charge in [0, 0.05) is 0 Å². The van der Waals surface area contributed by atoms with Crippen LogP contribution in [0.2, 0.25) is 0 Å². The van der Waals surface area contributed by atoms with Gasteiger partial charge in [-0.15, -0.1) is 0 Å². The Labute approximate surface area is 114 Å². The van der Waals surface area contributed by atoms with E-state index >= 15 is 0 Å². The minimum Gasteiger partial charge on any atom is -0.484 e. The van der Waals surface area contributed by atoms with E-state index in [2.05, 4.69) is 5.32 Å². The van der Waals surface area contributed by atoms with Crippen molar-refractivity contribution in [3.8, 4) is 5.75 Å². The number of nitrogens with one attached hydrogen (secondary N) is 1. The van der Waals surface area contributed by atoms with Gasteiger partial charge in [-0.2, -0.15) is 0 Å². The van der Waals surface area contributed by atoms with Gasteiger partial charge in [-0.3, -0.25) is 20.2 Å². The van der Waals surface area contributed by atoms with Crippen LogP contribution < -0.4 is 10.1 Å². The molecule has 0 saturated carbocycles. The van der Waals surface area contributed by atoms with Crippen LogP contribution >= 0.6 is 0 Å². The Morgan fingerprint density at radius 1 is 1.60 bits per heavy atom. The summed E-state index contributed by atoms with van der Waals surface area (Å²) < 4.78 is 18.1. The number of benzene rings is 1. The Hall–Kier alpha value is -2.22. The number of hydrogen-bond acceptors (Lipinski definition) is 5. The molecule has 110 valence electrons. The summed E-state index contributed by atoms with van der Waals surface area (Å²) in [6.07, 6.45) is 0. The van der Waals surface area contributed by atoms with E-state index in [1.165, 1.54) is 6.92 Å². The van der Waals surface area contributed by atoms with Crippen molar-refractivity contribution in [3.05, 3.63) is 34.1 Å². The molecule has 0 aromatic heterocycles. The molecule has 0 fully saturated rings. The van der Waals surface area contributed by atoms with Crippen molar-refractivity contribution in [1.82, 2.24) is 5.32 Å². The van der Waals surface area contributed by atoms with Gasteiger partial charge in [0.15, 0.2) is 5.75 Å². The second-order valence-corrected chi connectivity index (χ2v) is 4.33. The highest BCUT2D eigenvalue weighted by molar-refractivity contribution is 5.78.